The van der Waals surface area contributed by atoms with Crippen LogP contribution in [0.2, 0.25) is 0 Å². The molecule has 0 spiro atoms. The fourth-order valence-corrected chi connectivity index (χ4v) is 5.48. The smallest absolute Gasteiger partial charge is 0.253 e. The Morgan fingerprint density at radius 1 is 1.09 bits per heavy atom. The number of hydrogen-bond acceptors (Lipinski definition) is 6. The van der Waals surface area contributed by atoms with Gasteiger partial charge in [0.15, 0.2) is 5.65 Å². The van der Waals surface area contributed by atoms with Gasteiger partial charge < -0.3 is 10.6 Å². The van der Waals surface area contributed by atoms with Gasteiger partial charge >= 0.3 is 0 Å². The van der Waals surface area contributed by atoms with Crippen molar-refractivity contribution in [2.75, 3.05) is 18.4 Å². The van der Waals surface area contributed by atoms with Crippen molar-refractivity contribution in [1.82, 2.24) is 24.4 Å². The van der Waals surface area contributed by atoms with Gasteiger partial charge in [-0.1, -0.05) is 0 Å². The number of carbonyl (C=O) groups is 2. The number of nitrogens with one attached hydrogen (secondary N) is 2. The number of sulfonamides is 1. The van der Waals surface area contributed by atoms with Crippen molar-refractivity contribution < 1.29 is 18.0 Å². The summed E-state index contributed by atoms with van der Waals surface area (Å²) in [4.78, 5) is 28.5. The molecule has 180 valence electrons. The summed E-state index contributed by atoms with van der Waals surface area (Å²) in [5.41, 5.74) is 1.72. The van der Waals surface area contributed by atoms with Crippen molar-refractivity contribution in [3.05, 3.63) is 48.3 Å². The summed E-state index contributed by atoms with van der Waals surface area (Å²) in [7, 11) is -3.65. The van der Waals surface area contributed by atoms with Crippen molar-refractivity contribution in [3.8, 4) is 0 Å². The first-order valence-corrected chi connectivity index (χ1v) is 12.6. The lowest BCUT2D eigenvalue weighted by molar-refractivity contribution is -0.114. The average Bonchev–Trinajstić information content (AvgIpc) is 3.23. The molecular formula is C23H28N6O4S. The average molecular weight is 485 g/mol. The van der Waals surface area contributed by atoms with Crippen LogP contribution in [0.1, 0.15) is 50.0 Å². The molecule has 2 N–H and O–H groups in total. The predicted molar refractivity (Wildman–Crippen MR) is 128 cm³/mol. The van der Waals surface area contributed by atoms with E-state index in [1.807, 2.05) is 13.8 Å². The Labute approximate surface area is 198 Å². The topological polar surface area (TPSA) is 126 Å². The second kappa shape index (κ2) is 9.51. The summed E-state index contributed by atoms with van der Waals surface area (Å²) in [6.07, 6.45) is 4.26. The van der Waals surface area contributed by atoms with Crippen LogP contribution >= 0.6 is 0 Å². The third-order valence-electron chi connectivity index (χ3n) is 5.79. The Kier molecular flexibility index (Phi) is 6.67. The highest BCUT2D eigenvalue weighted by atomic mass is 32.2. The van der Waals surface area contributed by atoms with Gasteiger partial charge in [-0.05, 0) is 57.0 Å². The van der Waals surface area contributed by atoms with Gasteiger partial charge in [0, 0.05) is 49.4 Å². The van der Waals surface area contributed by atoms with Gasteiger partial charge in [0.25, 0.3) is 5.91 Å². The van der Waals surface area contributed by atoms with Crippen LogP contribution in [0.15, 0.2) is 47.6 Å². The third-order valence-corrected chi connectivity index (χ3v) is 7.70. The summed E-state index contributed by atoms with van der Waals surface area (Å²) < 4.78 is 29.2. The zero-order valence-electron chi connectivity index (χ0n) is 19.4. The molecule has 0 aliphatic carbocycles. The number of hydrogen-bond donors (Lipinski definition) is 2. The molecule has 2 aromatic heterocycles. The van der Waals surface area contributed by atoms with E-state index in [9.17, 15) is 18.0 Å². The Hall–Kier alpha value is -3.31. The first-order chi connectivity index (χ1) is 16.1. The SMILES string of the molecule is CC(=O)Nc1ccc(S(=O)(=O)N2CCC(NC(=O)c3cnc4c(cnn4C(C)C)c3)CC2)cc1. The number of anilines is 1. The van der Waals surface area contributed by atoms with Crippen LogP contribution in [0.5, 0.6) is 0 Å². The zero-order valence-corrected chi connectivity index (χ0v) is 20.2. The van der Waals surface area contributed by atoms with Gasteiger partial charge in [-0.15, -0.1) is 0 Å². The van der Waals surface area contributed by atoms with E-state index in [0.29, 0.717) is 37.2 Å². The van der Waals surface area contributed by atoms with Crippen molar-refractivity contribution in [1.29, 1.82) is 0 Å². The van der Waals surface area contributed by atoms with Gasteiger partial charge in [-0.2, -0.15) is 9.40 Å². The highest BCUT2D eigenvalue weighted by molar-refractivity contribution is 7.89. The Morgan fingerprint density at radius 3 is 2.38 bits per heavy atom. The largest absolute Gasteiger partial charge is 0.349 e. The molecule has 10 nitrogen and oxygen atoms in total. The monoisotopic (exact) mass is 484 g/mol. The van der Waals surface area contributed by atoms with Crippen molar-refractivity contribution in [2.45, 2.75) is 50.6 Å². The van der Waals surface area contributed by atoms with Crippen molar-refractivity contribution in [3.63, 3.8) is 0 Å². The van der Waals surface area contributed by atoms with E-state index >= 15 is 0 Å². The quantitative estimate of drug-likeness (QED) is 0.554. The lowest BCUT2D eigenvalue weighted by Gasteiger charge is -2.31. The summed E-state index contributed by atoms with van der Waals surface area (Å²) >= 11 is 0. The Morgan fingerprint density at radius 2 is 1.76 bits per heavy atom. The minimum atomic E-state index is -3.65. The molecule has 0 unspecified atom stereocenters. The van der Waals surface area contributed by atoms with Gasteiger partial charge in [-0.3, -0.25) is 9.59 Å². The highest BCUT2D eigenvalue weighted by Crippen LogP contribution is 2.23. The second-order valence-electron chi connectivity index (χ2n) is 8.68. The van der Waals surface area contributed by atoms with Crippen LogP contribution in [0.3, 0.4) is 0 Å². The van der Waals surface area contributed by atoms with E-state index in [1.165, 1.54) is 23.4 Å². The molecule has 34 heavy (non-hydrogen) atoms. The van der Waals surface area contributed by atoms with E-state index in [4.69, 9.17) is 0 Å². The van der Waals surface area contributed by atoms with Crippen LogP contribution < -0.4 is 10.6 Å². The molecule has 0 saturated carbocycles. The van der Waals surface area contributed by atoms with Crippen molar-refractivity contribution >= 4 is 38.6 Å². The normalized spacial score (nSPS) is 15.5. The van der Waals surface area contributed by atoms with Crippen molar-refractivity contribution in [2.24, 2.45) is 0 Å². The minimum absolute atomic E-state index is 0.129. The van der Waals surface area contributed by atoms with Crippen LogP contribution in [0, 0.1) is 0 Å². The molecule has 0 atom stereocenters. The van der Waals surface area contributed by atoms with E-state index in [1.54, 1.807) is 35.3 Å². The number of pyridine rings is 1. The fourth-order valence-electron chi connectivity index (χ4n) is 4.01. The molecule has 1 aromatic carbocycles. The van der Waals surface area contributed by atoms with Crippen LogP contribution in [-0.2, 0) is 14.8 Å². The minimum Gasteiger partial charge on any atom is -0.349 e. The number of benzene rings is 1. The second-order valence-corrected chi connectivity index (χ2v) is 10.6. The molecule has 3 heterocycles. The number of aromatic nitrogens is 3. The molecule has 1 aliphatic rings. The molecule has 2 amide bonds. The molecule has 0 radical (unpaired) electrons. The number of nitrogens with zero attached hydrogens (tertiary/aromatic N) is 4. The lowest BCUT2D eigenvalue weighted by atomic mass is 10.1. The Balaban J connectivity index is 1.36. The van der Waals surface area contributed by atoms with E-state index in [-0.39, 0.29) is 28.8 Å². The van der Waals surface area contributed by atoms with Gasteiger partial charge in [0.05, 0.1) is 16.7 Å². The standard InChI is InChI=1S/C23H28N6O4S/c1-15(2)29-22-17(14-25-29)12-18(13-24-22)23(31)27-20-8-10-28(11-9-20)34(32,33)21-6-4-19(5-7-21)26-16(3)30/h4-7,12-15,20H,8-11H2,1-3H3,(H,26,30)(H,27,31). The maximum absolute atomic E-state index is 13.0. The summed E-state index contributed by atoms with van der Waals surface area (Å²) in [6.45, 7) is 6.03. The first kappa shape index (κ1) is 23.8. The molecular weight excluding hydrogens is 456 g/mol. The molecule has 11 heteroatoms. The van der Waals surface area contributed by atoms with Gasteiger partial charge in [-0.25, -0.2) is 18.1 Å². The zero-order chi connectivity index (χ0) is 24.5. The molecule has 1 aliphatic heterocycles. The lowest BCUT2D eigenvalue weighted by Crippen LogP contribution is -2.46. The third kappa shape index (κ3) is 4.95. The van der Waals surface area contributed by atoms with Crippen LogP contribution in [0.25, 0.3) is 11.0 Å². The molecule has 1 saturated heterocycles. The summed E-state index contributed by atoms with van der Waals surface area (Å²) in [5, 5.41) is 10.7. The number of carbonyl (C=O) groups excluding carboxylic acids is 2. The molecule has 1 fully saturated rings. The maximum atomic E-state index is 13.0. The van der Waals surface area contributed by atoms with Crippen LogP contribution in [0.4, 0.5) is 5.69 Å². The summed E-state index contributed by atoms with van der Waals surface area (Å²) in [5.74, 6) is -0.456. The fraction of sp³-hybridized carbons (Fsp3) is 0.391. The first-order valence-electron chi connectivity index (χ1n) is 11.2. The van der Waals surface area contributed by atoms with E-state index < -0.39 is 10.0 Å². The molecule has 3 aromatic rings. The highest BCUT2D eigenvalue weighted by Gasteiger charge is 2.30. The number of amides is 2. The van der Waals surface area contributed by atoms with Gasteiger partial charge in [0.2, 0.25) is 15.9 Å². The number of rotatable bonds is 6. The van der Waals surface area contributed by atoms with Gasteiger partial charge in [0.1, 0.15) is 0 Å². The number of fused-ring (bicyclic) bond motifs is 1. The Bertz CT molecular complexity index is 1310. The predicted octanol–water partition coefficient (Wildman–Crippen LogP) is 2.55. The van der Waals surface area contributed by atoms with E-state index in [2.05, 4.69) is 20.7 Å². The molecule has 0 bridgehead atoms. The molecule has 4 rings (SSSR count). The summed E-state index contributed by atoms with van der Waals surface area (Å²) in [6, 6.07) is 7.91. The van der Waals surface area contributed by atoms with E-state index in [0.717, 1.165) is 11.0 Å². The van der Waals surface area contributed by atoms with Crippen LogP contribution in [-0.4, -0.2) is 58.4 Å². The maximum Gasteiger partial charge on any atom is 0.253 e. The number of piperidine rings is 1.